The van der Waals surface area contributed by atoms with Crippen molar-refractivity contribution < 1.29 is 0 Å². The number of alkyl halides is 1. The summed E-state index contributed by atoms with van der Waals surface area (Å²) < 4.78 is 0. The van der Waals surface area contributed by atoms with Gasteiger partial charge in [0, 0.05) is 24.0 Å². The fourth-order valence-electron chi connectivity index (χ4n) is 3.18. The average Bonchev–Trinajstić information content (AvgIpc) is 2.15. The molecule has 0 aromatic carbocycles. The van der Waals surface area contributed by atoms with Gasteiger partial charge in [0.05, 0.1) is 0 Å². The van der Waals surface area contributed by atoms with Crippen LogP contribution in [0.1, 0.15) is 52.4 Å². The molecular formula is C13H24BrN. The lowest BCUT2D eigenvalue weighted by Crippen LogP contribution is -2.51. The van der Waals surface area contributed by atoms with Crippen molar-refractivity contribution in [1.29, 1.82) is 0 Å². The Morgan fingerprint density at radius 2 is 1.73 bits per heavy atom. The standard InChI is InChI=1S/C13H24BrN/c1-11-5-3-6-12(2)15(11)10-13(9-14)7-4-8-13/h11-12H,3-10H2,1-2H3. The first-order chi connectivity index (χ1) is 7.17. The highest BCUT2D eigenvalue weighted by molar-refractivity contribution is 9.09. The molecule has 0 aromatic heterocycles. The zero-order chi connectivity index (χ0) is 10.9. The molecule has 88 valence electrons. The molecule has 1 aliphatic carbocycles. The van der Waals surface area contributed by atoms with Crippen molar-refractivity contribution in [3.8, 4) is 0 Å². The fraction of sp³-hybridized carbons (Fsp3) is 1.00. The van der Waals surface area contributed by atoms with Crippen molar-refractivity contribution in [1.82, 2.24) is 4.90 Å². The molecule has 0 bridgehead atoms. The number of rotatable bonds is 3. The molecule has 1 saturated heterocycles. The lowest BCUT2D eigenvalue weighted by molar-refractivity contribution is 0.0219. The van der Waals surface area contributed by atoms with Gasteiger partial charge in [-0.05, 0) is 44.9 Å². The van der Waals surface area contributed by atoms with Gasteiger partial charge in [0.15, 0.2) is 0 Å². The van der Waals surface area contributed by atoms with Crippen molar-refractivity contribution in [3.05, 3.63) is 0 Å². The van der Waals surface area contributed by atoms with E-state index in [0.717, 1.165) is 12.1 Å². The zero-order valence-corrected chi connectivity index (χ0v) is 11.7. The van der Waals surface area contributed by atoms with Crippen molar-refractivity contribution in [3.63, 3.8) is 0 Å². The highest BCUT2D eigenvalue weighted by Crippen LogP contribution is 2.44. The third kappa shape index (κ3) is 2.41. The van der Waals surface area contributed by atoms with Crippen LogP contribution in [0.5, 0.6) is 0 Å². The highest BCUT2D eigenvalue weighted by Gasteiger charge is 2.40. The third-order valence-corrected chi connectivity index (χ3v) is 5.78. The summed E-state index contributed by atoms with van der Waals surface area (Å²) in [6.45, 7) is 6.16. The molecule has 2 aliphatic rings. The Morgan fingerprint density at radius 3 is 2.13 bits per heavy atom. The zero-order valence-electron chi connectivity index (χ0n) is 10.1. The van der Waals surface area contributed by atoms with Crippen LogP contribution in [-0.4, -0.2) is 28.9 Å². The maximum atomic E-state index is 3.72. The van der Waals surface area contributed by atoms with E-state index in [9.17, 15) is 0 Å². The Balaban J connectivity index is 1.96. The van der Waals surface area contributed by atoms with Gasteiger partial charge in [-0.25, -0.2) is 0 Å². The van der Waals surface area contributed by atoms with Crippen LogP contribution in [0.2, 0.25) is 0 Å². The summed E-state index contributed by atoms with van der Waals surface area (Å²) in [5, 5.41) is 1.20. The molecule has 0 N–H and O–H groups in total. The molecule has 2 fully saturated rings. The van der Waals surface area contributed by atoms with Gasteiger partial charge in [0.25, 0.3) is 0 Å². The number of halogens is 1. The predicted octanol–water partition coefficient (Wildman–Crippen LogP) is 3.81. The quantitative estimate of drug-likeness (QED) is 0.707. The first-order valence-electron chi connectivity index (χ1n) is 6.49. The first-order valence-corrected chi connectivity index (χ1v) is 7.61. The molecule has 1 aliphatic heterocycles. The van der Waals surface area contributed by atoms with E-state index >= 15 is 0 Å². The van der Waals surface area contributed by atoms with Gasteiger partial charge in [-0.3, -0.25) is 4.90 Å². The molecule has 1 saturated carbocycles. The van der Waals surface area contributed by atoms with E-state index < -0.39 is 0 Å². The van der Waals surface area contributed by atoms with Crippen molar-refractivity contribution in [2.45, 2.75) is 64.5 Å². The third-order valence-electron chi connectivity index (χ3n) is 4.59. The lowest BCUT2D eigenvalue weighted by Gasteiger charge is -2.49. The van der Waals surface area contributed by atoms with Crippen LogP contribution >= 0.6 is 15.9 Å². The molecule has 15 heavy (non-hydrogen) atoms. The summed E-state index contributed by atoms with van der Waals surface area (Å²) >= 11 is 3.72. The number of nitrogens with zero attached hydrogens (tertiary/aromatic N) is 1. The largest absolute Gasteiger partial charge is 0.297 e. The van der Waals surface area contributed by atoms with Gasteiger partial charge in [0.2, 0.25) is 0 Å². The Kier molecular flexibility index (Phi) is 3.77. The van der Waals surface area contributed by atoms with Crippen LogP contribution < -0.4 is 0 Å². The van der Waals surface area contributed by atoms with Crippen LogP contribution in [0.4, 0.5) is 0 Å². The molecule has 0 amide bonds. The van der Waals surface area contributed by atoms with Gasteiger partial charge >= 0.3 is 0 Å². The van der Waals surface area contributed by atoms with E-state index in [1.807, 2.05) is 0 Å². The molecule has 2 heteroatoms. The van der Waals surface area contributed by atoms with Crippen LogP contribution in [0.15, 0.2) is 0 Å². The molecule has 2 rings (SSSR count). The Labute approximate surface area is 103 Å². The Morgan fingerprint density at radius 1 is 1.13 bits per heavy atom. The van der Waals surface area contributed by atoms with Crippen molar-refractivity contribution in [2.24, 2.45) is 5.41 Å². The minimum Gasteiger partial charge on any atom is -0.297 e. The van der Waals surface area contributed by atoms with Crippen molar-refractivity contribution in [2.75, 3.05) is 11.9 Å². The molecular weight excluding hydrogens is 250 g/mol. The lowest BCUT2D eigenvalue weighted by atomic mass is 9.69. The van der Waals surface area contributed by atoms with Crippen LogP contribution in [0, 0.1) is 5.41 Å². The molecule has 1 heterocycles. The normalized spacial score (nSPS) is 36.2. The minimum absolute atomic E-state index is 0.625. The van der Waals surface area contributed by atoms with Gasteiger partial charge < -0.3 is 0 Å². The van der Waals surface area contributed by atoms with Gasteiger partial charge in [-0.15, -0.1) is 0 Å². The average molecular weight is 274 g/mol. The topological polar surface area (TPSA) is 3.24 Å². The predicted molar refractivity (Wildman–Crippen MR) is 69.6 cm³/mol. The monoisotopic (exact) mass is 273 g/mol. The maximum absolute atomic E-state index is 3.72. The first kappa shape index (κ1) is 11.9. The smallest absolute Gasteiger partial charge is 0.0100 e. The molecule has 1 nitrogen and oxygen atoms in total. The molecule has 0 radical (unpaired) electrons. The van der Waals surface area contributed by atoms with E-state index in [1.165, 1.54) is 50.4 Å². The fourth-order valence-corrected chi connectivity index (χ4v) is 3.92. The second-order valence-corrected chi connectivity index (χ2v) is 6.35. The van der Waals surface area contributed by atoms with E-state index in [0.29, 0.717) is 5.41 Å². The second-order valence-electron chi connectivity index (χ2n) is 5.79. The van der Waals surface area contributed by atoms with E-state index in [1.54, 1.807) is 0 Å². The van der Waals surface area contributed by atoms with Gasteiger partial charge in [-0.2, -0.15) is 0 Å². The molecule has 2 atom stereocenters. The maximum Gasteiger partial charge on any atom is 0.0100 e. The molecule has 0 aromatic rings. The summed E-state index contributed by atoms with van der Waals surface area (Å²) in [5.41, 5.74) is 0.625. The number of likely N-dealkylation sites (tertiary alicyclic amines) is 1. The molecule has 0 spiro atoms. The van der Waals surface area contributed by atoms with Gasteiger partial charge in [0.1, 0.15) is 0 Å². The highest BCUT2D eigenvalue weighted by atomic mass is 79.9. The van der Waals surface area contributed by atoms with E-state index in [-0.39, 0.29) is 0 Å². The summed E-state index contributed by atoms with van der Waals surface area (Å²) in [4.78, 5) is 2.77. The summed E-state index contributed by atoms with van der Waals surface area (Å²) in [7, 11) is 0. The summed E-state index contributed by atoms with van der Waals surface area (Å²) in [5.74, 6) is 0. The van der Waals surface area contributed by atoms with Crippen molar-refractivity contribution >= 4 is 15.9 Å². The Bertz CT molecular complexity index is 197. The molecule has 2 unspecified atom stereocenters. The number of hydrogen-bond donors (Lipinski definition) is 0. The number of piperidine rings is 1. The van der Waals surface area contributed by atoms with Crippen LogP contribution in [0.25, 0.3) is 0 Å². The minimum atomic E-state index is 0.625. The SMILES string of the molecule is CC1CCCC(C)N1CC1(CBr)CCC1. The van der Waals surface area contributed by atoms with Gasteiger partial charge in [-0.1, -0.05) is 28.8 Å². The summed E-state index contributed by atoms with van der Waals surface area (Å²) in [6, 6.07) is 1.62. The van der Waals surface area contributed by atoms with E-state index in [2.05, 4.69) is 34.7 Å². The number of hydrogen-bond acceptors (Lipinski definition) is 1. The van der Waals surface area contributed by atoms with E-state index in [4.69, 9.17) is 0 Å². The summed E-state index contributed by atoms with van der Waals surface area (Å²) in [6.07, 6.45) is 8.57. The van der Waals surface area contributed by atoms with Crippen LogP contribution in [0.3, 0.4) is 0 Å². The Hall–Kier alpha value is 0.440. The van der Waals surface area contributed by atoms with Crippen LogP contribution in [-0.2, 0) is 0 Å². The second kappa shape index (κ2) is 4.75.